The molecule has 18 heavy (non-hydrogen) atoms. The number of benzene rings is 1. The van der Waals surface area contributed by atoms with Crippen molar-refractivity contribution >= 4 is 31.3 Å². The molecule has 0 spiro atoms. The van der Waals surface area contributed by atoms with Gasteiger partial charge in [-0.25, -0.2) is 8.42 Å². The third-order valence-corrected chi connectivity index (χ3v) is 3.82. The van der Waals surface area contributed by atoms with Crippen LogP contribution in [0.25, 0.3) is 0 Å². The van der Waals surface area contributed by atoms with E-state index in [9.17, 15) is 8.42 Å². The van der Waals surface area contributed by atoms with E-state index in [1.807, 2.05) is 0 Å². The summed E-state index contributed by atoms with van der Waals surface area (Å²) >= 11 is 6.03. The fourth-order valence-corrected chi connectivity index (χ4v) is 2.92. The van der Waals surface area contributed by atoms with Gasteiger partial charge in [0.05, 0.1) is 24.0 Å². The monoisotopic (exact) mass is 310 g/mol. The van der Waals surface area contributed by atoms with Crippen LogP contribution in [0, 0.1) is 0 Å². The molecular formula is C11H12Cl2O4S. The Balaban J connectivity index is 2.09. The molecule has 1 saturated heterocycles. The molecule has 4 nitrogen and oxygen atoms in total. The molecule has 2 rings (SSSR count). The molecule has 1 aromatic rings. The van der Waals surface area contributed by atoms with Gasteiger partial charge in [0.15, 0.2) is 0 Å². The first-order valence-corrected chi connectivity index (χ1v) is 8.25. The second-order valence-corrected chi connectivity index (χ2v) is 7.24. The van der Waals surface area contributed by atoms with E-state index in [0.717, 1.165) is 6.42 Å². The topological polar surface area (TPSA) is 52.6 Å². The molecule has 7 heteroatoms. The Morgan fingerprint density at radius 3 is 2.78 bits per heavy atom. The maximum atomic E-state index is 11.0. The lowest BCUT2D eigenvalue weighted by molar-refractivity contribution is 0.141. The number of rotatable bonds is 4. The molecule has 1 aromatic carbocycles. The van der Waals surface area contributed by atoms with Gasteiger partial charge in [-0.05, 0) is 17.7 Å². The summed E-state index contributed by atoms with van der Waals surface area (Å²) in [5.74, 6) is 0.282. The van der Waals surface area contributed by atoms with E-state index in [-0.39, 0.29) is 11.9 Å². The first-order chi connectivity index (χ1) is 8.44. The van der Waals surface area contributed by atoms with Crippen molar-refractivity contribution in [3.63, 3.8) is 0 Å². The molecular weight excluding hydrogens is 299 g/mol. The van der Waals surface area contributed by atoms with Crippen molar-refractivity contribution in [3.8, 4) is 5.75 Å². The largest absolute Gasteiger partial charge is 0.486 e. The summed E-state index contributed by atoms with van der Waals surface area (Å²) in [6.07, 6.45) is 0.832. The summed E-state index contributed by atoms with van der Waals surface area (Å²) in [4.78, 5) is 0. The van der Waals surface area contributed by atoms with Crippen LogP contribution >= 0.6 is 22.3 Å². The lowest BCUT2D eigenvalue weighted by atomic mass is 10.2. The first-order valence-electron chi connectivity index (χ1n) is 5.39. The van der Waals surface area contributed by atoms with Crippen molar-refractivity contribution in [3.05, 3.63) is 28.8 Å². The van der Waals surface area contributed by atoms with E-state index in [1.54, 1.807) is 18.2 Å². The second-order valence-electron chi connectivity index (χ2n) is 4.05. The summed E-state index contributed by atoms with van der Waals surface area (Å²) < 4.78 is 32.7. The van der Waals surface area contributed by atoms with Gasteiger partial charge in [-0.2, -0.15) is 0 Å². The fraction of sp³-hybridized carbons (Fsp3) is 0.455. The van der Waals surface area contributed by atoms with Crippen LogP contribution in [0.5, 0.6) is 5.75 Å². The smallest absolute Gasteiger partial charge is 0.236 e. The summed E-state index contributed by atoms with van der Waals surface area (Å²) in [5, 5.41) is 0.375. The van der Waals surface area contributed by atoms with Crippen LogP contribution in [0.3, 0.4) is 0 Å². The Morgan fingerprint density at radius 1 is 1.44 bits per heavy atom. The van der Waals surface area contributed by atoms with Crippen molar-refractivity contribution in [2.24, 2.45) is 0 Å². The van der Waals surface area contributed by atoms with Gasteiger partial charge in [-0.15, -0.1) is 0 Å². The Labute approximate surface area is 115 Å². The average molecular weight is 311 g/mol. The molecule has 1 atom stereocenters. The highest BCUT2D eigenvalue weighted by Gasteiger charge is 2.18. The molecule has 1 aliphatic heterocycles. The quantitative estimate of drug-likeness (QED) is 0.802. The Kier molecular flexibility index (Phi) is 4.37. The lowest BCUT2D eigenvalue weighted by Crippen LogP contribution is -2.15. The molecule has 1 fully saturated rings. The lowest BCUT2D eigenvalue weighted by Gasteiger charge is -2.13. The summed E-state index contributed by atoms with van der Waals surface area (Å²) in [6, 6.07) is 4.83. The minimum atomic E-state index is -3.58. The van der Waals surface area contributed by atoms with E-state index < -0.39 is 9.05 Å². The number of ether oxygens (including phenoxy) is 2. The normalized spacial score (nSPS) is 20.0. The third-order valence-electron chi connectivity index (χ3n) is 2.52. The third kappa shape index (κ3) is 4.02. The van der Waals surface area contributed by atoms with Crippen molar-refractivity contribution in [2.45, 2.75) is 18.3 Å². The van der Waals surface area contributed by atoms with Crippen LogP contribution in [0.2, 0.25) is 5.02 Å². The molecule has 1 heterocycles. The van der Waals surface area contributed by atoms with Crippen LogP contribution < -0.4 is 4.74 Å². The van der Waals surface area contributed by atoms with E-state index in [1.165, 1.54) is 0 Å². The van der Waals surface area contributed by atoms with Gasteiger partial charge < -0.3 is 9.47 Å². The zero-order chi connectivity index (χ0) is 13.2. The summed E-state index contributed by atoms with van der Waals surface area (Å²) in [5.41, 5.74) is 0.532. The number of halogens is 2. The van der Waals surface area contributed by atoms with E-state index >= 15 is 0 Å². The van der Waals surface area contributed by atoms with Crippen LogP contribution in [-0.4, -0.2) is 27.7 Å². The molecule has 1 unspecified atom stereocenters. The van der Waals surface area contributed by atoms with Gasteiger partial charge in [0.2, 0.25) is 9.05 Å². The van der Waals surface area contributed by atoms with Crippen molar-refractivity contribution in [1.29, 1.82) is 0 Å². The Morgan fingerprint density at radius 2 is 2.22 bits per heavy atom. The number of hydrogen-bond donors (Lipinski definition) is 0. The van der Waals surface area contributed by atoms with Crippen LogP contribution in [0.1, 0.15) is 12.0 Å². The zero-order valence-electron chi connectivity index (χ0n) is 9.43. The van der Waals surface area contributed by atoms with Gasteiger partial charge in [-0.1, -0.05) is 17.7 Å². The summed E-state index contributed by atoms with van der Waals surface area (Å²) in [7, 11) is 1.60. The molecule has 0 amide bonds. The highest BCUT2D eigenvalue weighted by atomic mass is 35.7. The fourth-order valence-electron chi connectivity index (χ4n) is 1.71. The predicted molar refractivity (Wildman–Crippen MR) is 69.8 cm³/mol. The average Bonchev–Trinajstić information content (AvgIpc) is 2.72. The Hall–Kier alpha value is -0.490. The van der Waals surface area contributed by atoms with Crippen LogP contribution in [-0.2, 0) is 19.5 Å². The maximum Gasteiger partial charge on any atom is 0.236 e. The minimum Gasteiger partial charge on any atom is -0.486 e. The second kappa shape index (κ2) is 5.65. The molecule has 0 aliphatic carbocycles. The van der Waals surface area contributed by atoms with Gasteiger partial charge in [-0.3, -0.25) is 0 Å². The highest BCUT2D eigenvalue weighted by molar-refractivity contribution is 8.13. The van der Waals surface area contributed by atoms with E-state index in [0.29, 0.717) is 29.5 Å². The van der Waals surface area contributed by atoms with Crippen molar-refractivity contribution in [2.75, 3.05) is 13.2 Å². The van der Waals surface area contributed by atoms with E-state index in [4.69, 9.17) is 31.8 Å². The minimum absolute atomic E-state index is 0.00473. The maximum absolute atomic E-state index is 11.0. The molecule has 0 saturated carbocycles. The van der Waals surface area contributed by atoms with Gasteiger partial charge in [0.1, 0.15) is 11.9 Å². The SMILES string of the molecule is O=S(=O)(Cl)Cc1ccc(OC2CCOC2)c(Cl)c1. The summed E-state index contributed by atoms with van der Waals surface area (Å²) in [6.45, 7) is 1.24. The standard InChI is InChI=1S/C11H12Cl2O4S/c12-10-5-8(7-18(13,14)15)1-2-11(10)17-9-3-4-16-6-9/h1-2,5,9H,3-4,6-7H2. The zero-order valence-corrected chi connectivity index (χ0v) is 11.8. The highest BCUT2D eigenvalue weighted by Crippen LogP contribution is 2.28. The van der Waals surface area contributed by atoms with Gasteiger partial charge in [0, 0.05) is 17.1 Å². The molecule has 0 bridgehead atoms. The Bertz CT molecular complexity index is 524. The molecule has 0 aromatic heterocycles. The van der Waals surface area contributed by atoms with Crippen molar-refractivity contribution in [1.82, 2.24) is 0 Å². The first kappa shape index (κ1) is 13.9. The molecule has 1 aliphatic rings. The molecule has 100 valence electrons. The predicted octanol–water partition coefficient (Wildman–Crippen LogP) is 2.58. The van der Waals surface area contributed by atoms with Crippen molar-refractivity contribution < 1.29 is 17.9 Å². The van der Waals surface area contributed by atoms with Gasteiger partial charge >= 0.3 is 0 Å². The van der Waals surface area contributed by atoms with Crippen LogP contribution in [0.15, 0.2) is 18.2 Å². The number of hydrogen-bond acceptors (Lipinski definition) is 4. The van der Waals surface area contributed by atoms with Crippen LogP contribution in [0.4, 0.5) is 0 Å². The van der Waals surface area contributed by atoms with E-state index in [2.05, 4.69) is 0 Å². The van der Waals surface area contributed by atoms with Gasteiger partial charge in [0.25, 0.3) is 0 Å². The molecule has 0 radical (unpaired) electrons. The molecule has 0 N–H and O–H groups in total.